The van der Waals surface area contributed by atoms with Crippen LogP contribution in [0.2, 0.25) is 0 Å². The van der Waals surface area contributed by atoms with E-state index in [1.165, 1.54) is 0 Å². The molecule has 0 radical (unpaired) electrons. The summed E-state index contributed by atoms with van der Waals surface area (Å²) in [6.45, 7) is 5.66. The number of imidazole rings is 1. The summed E-state index contributed by atoms with van der Waals surface area (Å²) in [5.41, 5.74) is 3.71. The number of H-pyrrole nitrogens is 1. The zero-order chi connectivity index (χ0) is 14.1. The molecule has 5 nitrogen and oxygen atoms in total. The summed E-state index contributed by atoms with van der Waals surface area (Å²) < 4.78 is 0. The van der Waals surface area contributed by atoms with Crippen molar-refractivity contribution in [3.63, 3.8) is 0 Å². The zero-order valence-corrected chi connectivity index (χ0v) is 12.0. The molecule has 0 saturated carbocycles. The van der Waals surface area contributed by atoms with Crippen LogP contribution in [0, 0.1) is 12.8 Å². The number of amides is 1. The van der Waals surface area contributed by atoms with Gasteiger partial charge >= 0.3 is 0 Å². The maximum atomic E-state index is 12.1. The summed E-state index contributed by atoms with van der Waals surface area (Å²) in [5.74, 6) is 0.784. The molecule has 1 fully saturated rings. The van der Waals surface area contributed by atoms with E-state index in [4.69, 9.17) is 0 Å². The fourth-order valence-corrected chi connectivity index (χ4v) is 3.07. The number of carbonyl (C=O) groups excluding carboxylic acids is 1. The minimum Gasteiger partial charge on any atom is -0.338 e. The number of carbonyl (C=O) groups is 1. The number of aromatic nitrogens is 3. The fourth-order valence-electron chi connectivity index (χ4n) is 3.07. The summed E-state index contributed by atoms with van der Waals surface area (Å²) in [5, 5.41) is 0. The van der Waals surface area contributed by atoms with Gasteiger partial charge < -0.3 is 9.88 Å². The lowest BCUT2D eigenvalue weighted by atomic mass is 10.0. The lowest BCUT2D eigenvalue weighted by Crippen LogP contribution is -2.24. The van der Waals surface area contributed by atoms with Gasteiger partial charge in [-0.15, -0.1) is 0 Å². The van der Waals surface area contributed by atoms with Gasteiger partial charge in [0.25, 0.3) is 0 Å². The molecule has 0 aliphatic carbocycles. The Hall–Kier alpha value is -1.91. The fraction of sp³-hybridized carbons (Fsp3) is 0.533. The number of hydrogen-bond acceptors (Lipinski definition) is 3. The van der Waals surface area contributed by atoms with Crippen molar-refractivity contribution < 1.29 is 4.79 Å². The highest BCUT2D eigenvalue weighted by Crippen LogP contribution is 2.25. The highest BCUT2D eigenvalue weighted by atomic mass is 16.2. The number of nitrogens with one attached hydrogen (secondary N) is 1. The van der Waals surface area contributed by atoms with Crippen molar-refractivity contribution in [1.29, 1.82) is 0 Å². The van der Waals surface area contributed by atoms with Crippen LogP contribution >= 0.6 is 0 Å². The highest BCUT2D eigenvalue weighted by Gasteiger charge is 2.29. The minimum atomic E-state index is 0.265. The number of rotatable bonds is 4. The first-order valence-electron chi connectivity index (χ1n) is 7.24. The van der Waals surface area contributed by atoms with Gasteiger partial charge in [-0.25, -0.2) is 9.97 Å². The molecule has 0 aromatic carbocycles. The first-order chi connectivity index (χ1) is 9.67. The second-order valence-electron chi connectivity index (χ2n) is 5.66. The number of pyridine rings is 1. The molecule has 2 aromatic rings. The molecule has 1 aliphatic rings. The van der Waals surface area contributed by atoms with Crippen LogP contribution in [0.25, 0.3) is 11.2 Å². The van der Waals surface area contributed by atoms with Crippen LogP contribution in [0.15, 0.2) is 12.4 Å². The van der Waals surface area contributed by atoms with Crippen LogP contribution in [0.5, 0.6) is 0 Å². The van der Waals surface area contributed by atoms with E-state index in [0.717, 1.165) is 41.8 Å². The quantitative estimate of drug-likeness (QED) is 0.929. The highest BCUT2D eigenvalue weighted by molar-refractivity contribution is 5.80. The van der Waals surface area contributed by atoms with E-state index >= 15 is 0 Å². The summed E-state index contributed by atoms with van der Waals surface area (Å²) in [6.07, 6.45) is 4.63. The van der Waals surface area contributed by atoms with Gasteiger partial charge in [-0.05, 0) is 25.3 Å². The normalized spacial score (nSPS) is 19.2. The molecule has 1 amide bonds. The second-order valence-corrected chi connectivity index (χ2v) is 5.66. The van der Waals surface area contributed by atoms with E-state index in [-0.39, 0.29) is 5.91 Å². The Balaban J connectivity index is 1.83. The maximum Gasteiger partial charge on any atom is 0.223 e. The lowest BCUT2D eigenvalue weighted by Gasteiger charge is -2.17. The molecule has 5 heteroatoms. The van der Waals surface area contributed by atoms with E-state index in [1.54, 1.807) is 6.33 Å². The molecule has 0 bridgehead atoms. The first kappa shape index (κ1) is 13.1. The third kappa shape index (κ3) is 2.40. The third-order valence-electron chi connectivity index (χ3n) is 3.95. The summed E-state index contributed by atoms with van der Waals surface area (Å²) in [6, 6.07) is 2.03. The van der Waals surface area contributed by atoms with E-state index in [9.17, 15) is 4.79 Å². The van der Waals surface area contributed by atoms with Crippen LogP contribution in [-0.4, -0.2) is 32.3 Å². The molecule has 1 aliphatic heterocycles. The van der Waals surface area contributed by atoms with Crippen LogP contribution in [0.1, 0.15) is 37.4 Å². The van der Waals surface area contributed by atoms with Crippen molar-refractivity contribution in [3.05, 3.63) is 23.7 Å². The predicted molar refractivity (Wildman–Crippen MR) is 77.1 cm³/mol. The Morgan fingerprint density at radius 1 is 1.50 bits per heavy atom. The summed E-state index contributed by atoms with van der Waals surface area (Å²) in [7, 11) is 0. The first-order valence-corrected chi connectivity index (χ1v) is 7.24. The number of fused-ring (bicyclic) bond motifs is 1. The molecule has 0 spiro atoms. The Morgan fingerprint density at radius 3 is 3.15 bits per heavy atom. The standard InChI is InChI=1S/C15H20N4O/c1-3-4-11-6-13(20)19(7-11)8-12-5-10(2)18-15-14(12)16-9-17-15/h5,9,11H,3-4,6-8H2,1-2H3,(H,16,17,18). The largest absolute Gasteiger partial charge is 0.338 e. The van der Waals surface area contributed by atoms with Gasteiger partial charge in [0.15, 0.2) is 5.65 Å². The maximum absolute atomic E-state index is 12.1. The Morgan fingerprint density at radius 2 is 2.35 bits per heavy atom. The number of likely N-dealkylation sites (tertiary alicyclic amines) is 1. The van der Waals surface area contributed by atoms with E-state index < -0.39 is 0 Å². The zero-order valence-electron chi connectivity index (χ0n) is 12.0. The lowest BCUT2D eigenvalue weighted by molar-refractivity contribution is -0.128. The molecular weight excluding hydrogens is 252 g/mol. The van der Waals surface area contributed by atoms with Gasteiger partial charge in [0.1, 0.15) is 5.52 Å². The van der Waals surface area contributed by atoms with Crippen molar-refractivity contribution in [2.75, 3.05) is 6.54 Å². The molecule has 3 rings (SSSR count). The molecular formula is C15H20N4O. The smallest absolute Gasteiger partial charge is 0.223 e. The van der Waals surface area contributed by atoms with E-state index in [1.807, 2.05) is 17.9 Å². The van der Waals surface area contributed by atoms with Crippen molar-refractivity contribution in [3.8, 4) is 0 Å². The molecule has 3 heterocycles. The van der Waals surface area contributed by atoms with E-state index in [0.29, 0.717) is 18.9 Å². The van der Waals surface area contributed by atoms with Crippen molar-refractivity contribution in [2.45, 2.75) is 39.7 Å². The number of aryl methyl sites for hydroxylation is 1. The molecule has 1 saturated heterocycles. The van der Waals surface area contributed by atoms with Gasteiger partial charge in [-0.3, -0.25) is 4.79 Å². The molecule has 1 atom stereocenters. The number of aromatic amines is 1. The summed E-state index contributed by atoms with van der Waals surface area (Å²) >= 11 is 0. The van der Waals surface area contributed by atoms with Gasteiger partial charge in [-0.2, -0.15) is 0 Å². The third-order valence-corrected chi connectivity index (χ3v) is 3.95. The molecule has 2 aromatic heterocycles. The molecule has 106 valence electrons. The van der Waals surface area contributed by atoms with Crippen LogP contribution in [0.3, 0.4) is 0 Å². The van der Waals surface area contributed by atoms with Crippen molar-refractivity contribution in [1.82, 2.24) is 19.9 Å². The summed E-state index contributed by atoms with van der Waals surface area (Å²) in [4.78, 5) is 25.8. The average molecular weight is 272 g/mol. The van der Waals surface area contributed by atoms with Crippen molar-refractivity contribution >= 4 is 17.1 Å². The minimum absolute atomic E-state index is 0.265. The predicted octanol–water partition coefficient (Wildman–Crippen LogP) is 2.41. The van der Waals surface area contributed by atoms with Crippen LogP contribution < -0.4 is 0 Å². The monoisotopic (exact) mass is 272 g/mol. The van der Waals surface area contributed by atoms with Gasteiger partial charge in [0, 0.05) is 30.8 Å². The topological polar surface area (TPSA) is 61.9 Å². The number of nitrogens with zero attached hydrogens (tertiary/aromatic N) is 3. The van der Waals surface area contributed by atoms with E-state index in [2.05, 4.69) is 21.9 Å². The van der Waals surface area contributed by atoms with Crippen LogP contribution in [0.4, 0.5) is 0 Å². The molecule has 1 N–H and O–H groups in total. The van der Waals surface area contributed by atoms with Crippen LogP contribution in [-0.2, 0) is 11.3 Å². The number of hydrogen-bond donors (Lipinski definition) is 1. The van der Waals surface area contributed by atoms with Gasteiger partial charge in [-0.1, -0.05) is 13.3 Å². The van der Waals surface area contributed by atoms with Gasteiger partial charge in [0.2, 0.25) is 5.91 Å². The van der Waals surface area contributed by atoms with Crippen molar-refractivity contribution in [2.24, 2.45) is 5.92 Å². The second kappa shape index (κ2) is 5.23. The Kier molecular flexibility index (Phi) is 3.42. The van der Waals surface area contributed by atoms with Gasteiger partial charge in [0.05, 0.1) is 6.33 Å². The molecule has 1 unspecified atom stereocenters. The Bertz CT molecular complexity index is 634. The SMILES string of the molecule is CCCC1CC(=O)N(Cc2cc(C)nc3[nH]cnc23)C1. The average Bonchev–Trinajstić information content (AvgIpc) is 2.97. The molecule has 20 heavy (non-hydrogen) atoms. The Labute approximate surface area is 118 Å².